The van der Waals surface area contributed by atoms with Gasteiger partial charge in [0.25, 0.3) is 0 Å². The van der Waals surface area contributed by atoms with Crippen LogP contribution >= 0.6 is 0 Å². The van der Waals surface area contributed by atoms with Gasteiger partial charge in [-0.25, -0.2) is 4.90 Å². The van der Waals surface area contributed by atoms with E-state index in [0.29, 0.717) is 24.1 Å². The highest BCUT2D eigenvalue weighted by Crippen LogP contribution is 2.63. The average Bonchev–Trinajstić information content (AvgIpc) is 3.27. The number of aromatic hydroxyl groups is 1. The van der Waals surface area contributed by atoms with Gasteiger partial charge in [-0.3, -0.25) is 24.5 Å². The first-order chi connectivity index (χ1) is 17.3. The van der Waals surface area contributed by atoms with Gasteiger partial charge in [0.2, 0.25) is 23.6 Å². The molecule has 6 atom stereocenters. The molecule has 2 saturated heterocycles. The monoisotopic (exact) mass is 486 g/mol. The number of phenols is 1. The van der Waals surface area contributed by atoms with Crippen LogP contribution in [0.5, 0.6) is 11.5 Å². The number of hydrogen-bond donors (Lipinski definition) is 2. The predicted molar refractivity (Wildman–Crippen MR) is 129 cm³/mol. The third kappa shape index (κ3) is 2.87. The lowest BCUT2D eigenvalue weighted by molar-refractivity contribution is -0.131. The van der Waals surface area contributed by atoms with Crippen LogP contribution in [0, 0.1) is 29.1 Å². The molecule has 6 rings (SSSR count). The van der Waals surface area contributed by atoms with Gasteiger partial charge in [-0.15, -0.1) is 0 Å². The number of rotatable bonds is 3. The van der Waals surface area contributed by atoms with Gasteiger partial charge in [0, 0.05) is 5.92 Å². The molecular formula is C28H26N2O6. The molecule has 0 aromatic heterocycles. The number of phenolic OH excluding ortho intramolecular Hbond substituents is 1. The summed E-state index contributed by atoms with van der Waals surface area (Å²) in [6, 6.07) is 13.8. The Morgan fingerprint density at radius 3 is 2.50 bits per heavy atom. The number of nitrogens with zero attached hydrogens (tertiary/aromatic N) is 1. The van der Waals surface area contributed by atoms with Crippen molar-refractivity contribution in [3.8, 4) is 11.5 Å². The number of para-hydroxylation sites is 1. The number of ether oxygens (including phenoxy) is 1. The Balaban J connectivity index is 1.55. The zero-order valence-electron chi connectivity index (χ0n) is 19.9. The average molecular weight is 487 g/mol. The molecule has 2 N–H and O–H groups in total. The van der Waals surface area contributed by atoms with Gasteiger partial charge in [0.05, 0.1) is 36.0 Å². The number of fused-ring (bicyclic) bond motifs is 4. The van der Waals surface area contributed by atoms with Crippen LogP contribution in [-0.2, 0) is 19.2 Å². The lowest BCUT2D eigenvalue weighted by Gasteiger charge is -2.49. The van der Waals surface area contributed by atoms with Crippen molar-refractivity contribution < 1.29 is 29.0 Å². The van der Waals surface area contributed by atoms with Gasteiger partial charge in [-0.05, 0) is 55.5 Å². The largest absolute Gasteiger partial charge is 0.504 e. The number of hydrogen-bond acceptors (Lipinski definition) is 6. The smallest absolute Gasteiger partial charge is 0.241 e. The van der Waals surface area contributed by atoms with Gasteiger partial charge < -0.3 is 9.84 Å². The van der Waals surface area contributed by atoms with Gasteiger partial charge in [-0.1, -0.05) is 35.9 Å². The molecule has 8 nitrogen and oxygen atoms in total. The number of methoxy groups -OCH3 is 1. The second-order valence-corrected chi connectivity index (χ2v) is 10.3. The normalized spacial score (nSPS) is 33.0. The Morgan fingerprint density at radius 1 is 1.03 bits per heavy atom. The zero-order chi connectivity index (χ0) is 25.4. The van der Waals surface area contributed by atoms with Crippen LogP contribution in [0.25, 0.3) is 0 Å². The molecule has 2 aliphatic carbocycles. The minimum absolute atomic E-state index is 0.0338. The van der Waals surface area contributed by atoms with Gasteiger partial charge in [-0.2, -0.15) is 0 Å². The Labute approximate surface area is 207 Å². The molecule has 2 heterocycles. The molecule has 0 bridgehead atoms. The molecule has 1 saturated carbocycles. The molecule has 2 aromatic rings. The van der Waals surface area contributed by atoms with Gasteiger partial charge in [0.1, 0.15) is 0 Å². The minimum Gasteiger partial charge on any atom is -0.504 e. The summed E-state index contributed by atoms with van der Waals surface area (Å²) >= 11 is 0. The standard InChI is InChI=1S/C28H26N2O6/c1-28-19(26(34)30(27(28)35)15-6-4-3-5-7-15)13-18-16(9-10-17-22(18)25(33)29-24(17)32)23(28)14-8-11-20(31)21(12-14)36-2/h3-9,11-12,17-19,22-23,31H,10,13H2,1-2H3,(H,29,32,33). The van der Waals surface area contributed by atoms with Gasteiger partial charge >= 0.3 is 0 Å². The summed E-state index contributed by atoms with van der Waals surface area (Å²) in [4.78, 5) is 54.7. The number of nitrogens with one attached hydrogen (secondary N) is 1. The third-order valence-corrected chi connectivity index (χ3v) is 8.67. The number of allylic oxidation sites excluding steroid dienone is 2. The van der Waals surface area contributed by atoms with E-state index in [2.05, 4.69) is 5.32 Å². The predicted octanol–water partition coefficient (Wildman–Crippen LogP) is 2.92. The quantitative estimate of drug-likeness (QED) is 0.510. The summed E-state index contributed by atoms with van der Waals surface area (Å²) in [6.45, 7) is 1.83. The van der Waals surface area contributed by atoms with Crippen LogP contribution in [0.3, 0.4) is 0 Å². The first-order valence-electron chi connectivity index (χ1n) is 12.1. The molecule has 36 heavy (non-hydrogen) atoms. The molecule has 184 valence electrons. The van der Waals surface area contributed by atoms with Crippen molar-refractivity contribution >= 4 is 29.3 Å². The molecule has 3 fully saturated rings. The van der Waals surface area contributed by atoms with Crippen molar-refractivity contribution in [2.24, 2.45) is 29.1 Å². The van der Waals surface area contributed by atoms with Crippen molar-refractivity contribution in [2.45, 2.75) is 25.7 Å². The zero-order valence-corrected chi connectivity index (χ0v) is 19.9. The van der Waals surface area contributed by atoms with E-state index in [0.717, 1.165) is 5.57 Å². The number of imide groups is 2. The number of benzene rings is 2. The SMILES string of the molecule is COc1cc(C2C3=CCC4C(=O)NC(=O)C4C3CC3C(=O)N(c4ccccc4)C(=O)C32C)ccc1O. The van der Waals surface area contributed by atoms with Crippen LogP contribution < -0.4 is 15.0 Å². The molecule has 4 aliphatic rings. The summed E-state index contributed by atoms with van der Waals surface area (Å²) in [5, 5.41) is 12.7. The highest BCUT2D eigenvalue weighted by molar-refractivity contribution is 6.24. The van der Waals surface area contributed by atoms with Crippen molar-refractivity contribution in [2.75, 3.05) is 12.0 Å². The second kappa shape index (κ2) is 7.78. The summed E-state index contributed by atoms with van der Waals surface area (Å²) in [5.74, 6) is -3.58. The summed E-state index contributed by atoms with van der Waals surface area (Å²) < 4.78 is 5.36. The van der Waals surface area contributed by atoms with Crippen LogP contribution in [0.15, 0.2) is 60.2 Å². The second-order valence-electron chi connectivity index (χ2n) is 10.3. The van der Waals surface area contributed by atoms with E-state index in [9.17, 15) is 24.3 Å². The number of carbonyl (C=O) groups is 4. The fourth-order valence-electron chi connectivity index (χ4n) is 7.00. The fourth-order valence-corrected chi connectivity index (χ4v) is 7.00. The number of carbonyl (C=O) groups excluding carboxylic acids is 4. The first-order valence-corrected chi connectivity index (χ1v) is 12.1. The van der Waals surface area contributed by atoms with Crippen LogP contribution in [0.4, 0.5) is 5.69 Å². The molecular weight excluding hydrogens is 460 g/mol. The van der Waals surface area contributed by atoms with E-state index in [4.69, 9.17) is 4.74 Å². The van der Waals surface area contributed by atoms with E-state index < -0.39 is 29.1 Å². The van der Waals surface area contributed by atoms with Crippen LogP contribution in [-0.4, -0.2) is 35.8 Å². The highest BCUT2D eigenvalue weighted by Gasteiger charge is 2.67. The molecule has 2 aliphatic heterocycles. The summed E-state index contributed by atoms with van der Waals surface area (Å²) in [7, 11) is 1.45. The van der Waals surface area contributed by atoms with E-state index in [-0.39, 0.29) is 41.0 Å². The van der Waals surface area contributed by atoms with E-state index in [1.165, 1.54) is 18.1 Å². The Morgan fingerprint density at radius 2 is 1.78 bits per heavy atom. The van der Waals surface area contributed by atoms with E-state index >= 15 is 0 Å². The highest BCUT2D eigenvalue weighted by atomic mass is 16.5. The summed E-state index contributed by atoms with van der Waals surface area (Å²) in [6.07, 6.45) is 2.69. The Hall–Kier alpha value is -3.94. The fraction of sp³-hybridized carbons (Fsp3) is 0.357. The summed E-state index contributed by atoms with van der Waals surface area (Å²) in [5.41, 5.74) is 0.994. The third-order valence-electron chi connectivity index (χ3n) is 8.67. The topological polar surface area (TPSA) is 113 Å². The molecule has 6 unspecified atom stereocenters. The lowest BCUT2D eigenvalue weighted by atomic mass is 9.51. The van der Waals surface area contributed by atoms with Crippen LogP contribution in [0.1, 0.15) is 31.2 Å². The molecule has 2 aromatic carbocycles. The van der Waals surface area contributed by atoms with Gasteiger partial charge in [0.15, 0.2) is 11.5 Å². The van der Waals surface area contributed by atoms with Crippen molar-refractivity contribution in [1.29, 1.82) is 0 Å². The molecule has 8 heteroatoms. The minimum atomic E-state index is -1.12. The van der Waals surface area contributed by atoms with Crippen LogP contribution in [0.2, 0.25) is 0 Å². The Bertz CT molecular complexity index is 1350. The lowest BCUT2D eigenvalue weighted by Crippen LogP contribution is -2.48. The number of anilines is 1. The van der Waals surface area contributed by atoms with Crippen molar-refractivity contribution in [1.82, 2.24) is 5.32 Å². The molecule has 4 amide bonds. The maximum atomic E-state index is 14.2. The molecule has 0 radical (unpaired) electrons. The molecule has 0 spiro atoms. The van der Waals surface area contributed by atoms with Crippen molar-refractivity contribution in [3.05, 3.63) is 65.7 Å². The van der Waals surface area contributed by atoms with E-state index in [1.54, 1.807) is 36.4 Å². The van der Waals surface area contributed by atoms with E-state index in [1.807, 2.05) is 19.1 Å². The maximum Gasteiger partial charge on any atom is 0.241 e. The van der Waals surface area contributed by atoms with Crippen molar-refractivity contribution in [3.63, 3.8) is 0 Å². The maximum absolute atomic E-state index is 14.2. The Kier molecular flexibility index (Phi) is 4.87. The number of amides is 4. The first kappa shape index (κ1) is 22.5.